The van der Waals surface area contributed by atoms with E-state index in [-0.39, 0.29) is 17.0 Å². The second kappa shape index (κ2) is 5.20. The fraction of sp³-hybridized carbons (Fsp3) is 0.0769. The van der Waals surface area contributed by atoms with Gasteiger partial charge in [-0.05, 0) is 25.1 Å². The second-order valence-corrected chi connectivity index (χ2v) is 4.04. The van der Waals surface area contributed by atoms with E-state index in [2.05, 4.69) is 10.3 Å². The first-order chi connectivity index (χ1) is 9.40. The first-order valence-electron chi connectivity index (χ1n) is 5.54. The molecule has 0 aliphatic heterocycles. The molecule has 0 saturated carbocycles. The fourth-order valence-corrected chi connectivity index (χ4v) is 1.54. The molecule has 1 heterocycles. The van der Waals surface area contributed by atoms with E-state index in [1.807, 2.05) is 0 Å². The zero-order chi connectivity index (χ0) is 14.9. The molecular weight excluding hydrogens is 273 g/mol. The Bertz CT molecular complexity index is 695. The molecule has 7 heteroatoms. The van der Waals surface area contributed by atoms with Crippen molar-refractivity contribution in [2.24, 2.45) is 0 Å². The maximum absolute atomic E-state index is 13.4. The zero-order valence-corrected chi connectivity index (χ0v) is 10.3. The van der Waals surface area contributed by atoms with Gasteiger partial charge >= 0.3 is 0 Å². The normalized spacial score (nSPS) is 10.4. The van der Waals surface area contributed by atoms with Crippen LogP contribution in [0.1, 0.15) is 27.8 Å². The molecule has 2 N–H and O–H groups in total. The number of H-pyrrole nitrogens is 1. The highest BCUT2D eigenvalue weighted by Crippen LogP contribution is 2.20. The summed E-state index contributed by atoms with van der Waals surface area (Å²) in [5.41, 5.74) is -0.215. The molecule has 1 aromatic carbocycles. The third-order valence-corrected chi connectivity index (χ3v) is 2.62. The summed E-state index contributed by atoms with van der Waals surface area (Å²) in [4.78, 5) is 25.4. The highest BCUT2D eigenvalue weighted by Gasteiger charge is 2.17. The number of ketones is 1. The minimum atomic E-state index is -1.67. The van der Waals surface area contributed by atoms with Crippen LogP contribution in [0.2, 0.25) is 0 Å². The number of benzene rings is 1. The lowest BCUT2D eigenvalue weighted by molar-refractivity contribution is 0.101. The van der Waals surface area contributed by atoms with E-state index in [1.54, 1.807) is 0 Å². The summed E-state index contributed by atoms with van der Waals surface area (Å²) in [6, 6.07) is 2.87. The van der Waals surface area contributed by atoms with Gasteiger partial charge in [0.2, 0.25) is 0 Å². The Hall–Kier alpha value is -2.57. The molecule has 0 fully saturated rings. The van der Waals surface area contributed by atoms with Gasteiger partial charge < -0.3 is 10.3 Å². The number of aromatic nitrogens is 1. The quantitative estimate of drug-likeness (QED) is 0.671. The highest BCUT2D eigenvalue weighted by molar-refractivity contribution is 6.05. The lowest BCUT2D eigenvalue weighted by atomic mass is 10.2. The number of hydrogen-bond donors (Lipinski definition) is 2. The van der Waals surface area contributed by atoms with Crippen molar-refractivity contribution in [1.82, 2.24) is 4.98 Å². The molecule has 0 radical (unpaired) electrons. The van der Waals surface area contributed by atoms with Gasteiger partial charge in [-0.15, -0.1) is 0 Å². The van der Waals surface area contributed by atoms with E-state index in [0.29, 0.717) is 6.07 Å². The number of anilines is 1. The Morgan fingerprint density at radius 1 is 1.15 bits per heavy atom. The van der Waals surface area contributed by atoms with E-state index in [0.717, 1.165) is 6.07 Å². The van der Waals surface area contributed by atoms with Gasteiger partial charge in [0.25, 0.3) is 5.91 Å². The largest absolute Gasteiger partial charge is 0.356 e. The first kappa shape index (κ1) is 13.9. The van der Waals surface area contributed by atoms with E-state index in [9.17, 15) is 22.8 Å². The second-order valence-electron chi connectivity index (χ2n) is 4.04. The van der Waals surface area contributed by atoms with Gasteiger partial charge in [-0.1, -0.05) is 0 Å². The Labute approximate surface area is 111 Å². The van der Waals surface area contributed by atoms with Gasteiger partial charge in [0, 0.05) is 11.8 Å². The molecule has 0 spiro atoms. The molecule has 2 aromatic rings. The molecule has 0 bridgehead atoms. The standard InChI is InChI=1S/C13H9F3N2O2/c1-6(19)7-4-10(17-5-7)13(20)18-9-3-2-8(14)11(15)12(9)16/h2-5,17H,1H3,(H,18,20). The molecule has 1 aromatic heterocycles. The molecule has 1 amide bonds. The van der Waals surface area contributed by atoms with Crippen molar-refractivity contribution in [1.29, 1.82) is 0 Å². The van der Waals surface area contributed by atoms with Crippen LogP contribution in [0.3, 0.4) is 0 Å². The molecule has 0 unspecified atom stereocenters. The van der Waals surface area contributed by atoms with Crippen LogP contribution in [0.25, 0.3) is 0 Å². The third kappa shape index (κ3) is 2.56. The van der Waals surface area contributed by atoms with Crippen LogP contribution in [0.15, 0.2) is 24.4 Å². The number of carbonyl (C=O) groups is 2. The Kier molecular flexibility index (Phi) is 3.60. The van der Waals surface area contributed by atoms with E-state index in [4.69, 9.17) is 0 Å². The van der Waals surface area contributed by atoms with Crippen molar-refractivity contribution in [3.05, 3.63) is 53.1 Å². The van der Waals surface area contributed by atoms with Gasteiger partial charge in [-0.25, -0.2) is 13.2 Å². The smallest absolute Gasteiger partial charge is 0.272 e. The van der Waals surface area contributed by atoms with Crippen LogP contribution < -0.4 is 5.32 Å². The molecule has 0 atom stereocenters. The molecular formula is C13H9F3N2O2. The Balaban J connectivity index is 2.23. The van der Waals surface area contributed by atoms with E-state index in [1.165, 1.54) is 19.2 Å². The SMILES string of the molecule is CC(=O)c1c[nH]c(C(=O)Nc2ccc(F)c(F)c2F)c1. The molecule has 20 heavy (non-hydrogen) atoms. The number of carbonyl (C=O) groups excluding carboxylic acids is 2. The number of amides is 1. The summed E-state index contributed by atoms with van der Waals surface area (Å²) in [6.45, 7) is 1.32. The van der Waals surface area contributed by atoms with Crippen molar-refractivity contribution in [3.8, 4) is 0 Å². The summed E-state index contributed by atoms with van der Waals surface area (Å²) < 4.78 is 39.1. The van der Waals surface area contributed by atoms with Gasteiger partial charge in [0.05, 0.1) is 5.69 Å². The van der Waals surface area contributed by atoms with Crippen molar-refractivity contribution in [2.75, 3.05) is 5.32 Å². The minimum absolute atomic E-state index is 0.000617. The summed E-state index contributed by atoms with van der Waals surface area (Å²) in [5.74, 6) is -5.53. The molecule has 2 rings (SSSR count). The van der Waals surface area contributed by atoms with Crippen molar-refractivity contribution < 1.29 is 22.8 Å². The molecule has 0 aliphatic carbocycles. The van der Waals surface area contributed by atoms with Crippen LogP contribution in [0.5, 0.6) is 0 Å². The first-order valence-corrected chi connectivity index (χ1v) is 5.54. The lowest BCUT2D eigenvalue weighted by Crippen LogP contribution is -2.14. The lowest BCUT2D eigenvalue weighted by Gasteiger charge is -2.06. The fourth-order valence-electron chi connectivity index (χ4n) is 1.54. The summed E-state index contributed by atoms with van der Waals surface area (Å²) >= 11 is 0. The monoisotopic (exact) mass is 282 g/mol. The van der Waals surface area contributed by atoms with Crippen LogP contribution in [-0.4, -0.2) is 16.7 Å². The van der Waals surface area contributed by atoms with Gasteiger partial charge in [-0.3, -0.25) is 9.59 Å². The minimum Gasteiger partial charge on any atom is -0.356 e. The average Bonchev–Trinajstić information content (AvgIpc) is 2.89. The summed E-state index contributed by atoms with van der Waals surface area (Å²) in [7, 11) is 0. The average molecular weight is 282 g/mol. The Morgan fingerprint density at radius 3 is 2.45 bits per heavy atom. The maximum atomic E-state index is 13.4. The number of Topliss-reactive ketones (excluding diaryl/α,β-unsaturated/α-hetero) is 1. The van der Waals surface area contributed by atoms with Gasteiger partial charge in [-0.2, -0.15) is 0 Å². The van der Waals surface area contributed by atoms with E-state index >= 15 is 0 Å². The van der Waals surface area contributed by atoms with E-state index < -0.39 is 29.0 Å². The number of nitrogens with one attached hydrogen (secondary N) is 2. The van der Waals surface area contributed by atoms with Crippen molar-refractivity contribution in [3.63, 3.8) is 0 Å². The van der Waals surface area contributed by atoms with Crippen LogP contribution in [0, 0.1) is 17.5 Å². The predicted octanol–water partition coefficient (Wildman–Crippen LogP) is 2.89. The molecule has 0 aliphatic rings. The van der Waals surface area contributed by atoms with Crippen molar-refractivity contribution in [2.45, 2.75) is 6.92 Å². The summed E-state index contributed by atoms with van der Waals surface area (Å²) in [6.07, 6.45) is 1.32. The van der Waals surface area contributed by atoms with Crippen LogP contribution in [0.4, 0.5) is 18.9 Å². The van der Waals surface area contributed by atoms with Crippen molar-refractivity contribution >= 4 is 17.4 Å². The number of hydrogen-bond acceptors (Lipinski definition) is 2. The van der Waals surface area contributed by atoms with Gasteiger partial charge in [0.1, 0.15) is 5.69 Å². The maximum Gasteiger partial charge on any atom is 0.272 e. The number of aromatic amines is 1. The van der Waals surface area contributed by atoms with Crippen LogP contribution in [-0.2, 0) is 0 Å². The molecule has 4 nitrogen and oxygen atoms in total. The number of halogens is 3. The molecule has 0 saturated heterocycles. The molecule has 104 valence electrons. The zero-order valence-electron chi connectivity index (χ0n) is 10.3. The van der Waals surface area contributed by atoms with Crippen LogP contribution >= 0.6 is 0 Å². The highest BCUT2D eigenvalue weighted by atomic mass is 19.2. The Morgan fingerprint density at radius 2 is 1.85 bits per heavy atom. The predicted molar refractivity (Wildman–Crippen MR) is 65.1 cm³/mol. The topological polar surface area (TPSA) is 62.0 Å². The summed E-state index contributed by atoms with van der Waals surface area (Å²) in [5, 5.41) is 2.08. The number of rotatable bonds is 3. The third-order valence-electron chi connectivity index (χ3n) is 2.62. The van der Waals surface area contributed by atoms with Gasteiger partial charge in [0.15, 0.2) is 23.2 Å².